The van der Waals surface area contributed by atoms with Gasteiger partial charge in [0, 0.05) is 24.6 Å². The van der Waals surface area contributed by atoms with Crippen molar-refractivity contribution in [2.24, 2.45) is 5.41 Å². The molecule has 0 saturated heterocycles. The Hall–Kier alpha value is -0.330. The van der Waals surface area contributed by atoms with E-state index >= 15 is 0 Å². The number of nitrogens with one attached hydrogen (secondary N) is 1. The smallest absolute Gasteiger partial charge is 0.378 e. The van der Waals surface area contributed by atoms with E-state index in [4.69, 9.17) is 4.74 Å². The van der Waals surface area contributed by atoms with Crippen LogP contribution in [0.25, 0.3) is 0 Å². The van der Waals surface area contributed by atoms with E-state index in [1.165, 1.54) is 19.3 Å². The van der Waals surface area contributed by atoms with Crippen molar-refractivity contribution in [2.45, 2.75) is 50.9 Å². The molecule has 112 valence electrons. The second-order valence-electron chi connectivity index (χ2n) is 5.44. The largest absolute Gasteiger partial charge is 0.411 e. The average molecular weight is 281 g/mol. The molecular weight excluding hydrogens is 259 g/mol. The monoisotopic (exact) mass is 281 g/mol. The standard InChI is InChI=1S/C13H22F3NO2/c1-2-19-11-8-10(12(11)4-3-5-12)17-6-7-18-9-13(14,15)16/h10-11,17H,2-9H2,1H3. The summed E-state index contributed by atoms with van der Waals surface area (Å²) >= 11 is 0. The minimum absolute atomic E-state index is 0.103. The Kier molecular flexibility index (Phi) is 4.74. The second kappa shape index (κ2) is 5.97. The quantitative estimate of drug-likeness (QED) is 0.727. The molecule has 0 radical (unpaired) electrons. The van der Waals surface area contributed by atoms with Crippen molar-refractivity contribution in [2.75, 3.05) is 26.4 Å². The second-order valence-corrected chi connectivity index (χ2v) is 5.44. The Morgan fingerprint density at radius 2 is 2.05 bits per heavy atom. The molecule has 6 heteroatoms. The van der Waals surface area contributed by atoms with Crippen LogP contribution in [0.15, 0.2) is 0 Å². The third-order valence-corrected chi connectivity index (χ3v) is 4.34. The Morgan fingerprint density at radius 3 is 2.58 bits per heavy atom. The number of ether oxygens (including phenoxy) is 2. The molecule has 2 aliphatic rings. The molecule has 2 unspecified atom stereocenters. The van der Waals surface area contributed by atoms with Gasteiger partial charge in [0.25, 0.3) is 0 Å². The average Bonchev–Trinajstić information content (AvgIpc) is 2.22. The first-order valence-electron chi connectivity index (χ1n) is 6.97. The number of halogens is 3. The molecule has 2 saturated carbocycles. The maximum Gasteiger partial charge on any atom is 0.411 e. The van der Waals surface area contributed by atoms with Crippen LogP contribution >= 0.6 is 0 Å². The number of rotatable bonds is 7. The summed E-state index contributed by atoms with van der Waals surface area (Å²) in [6.45, 7) is 2.14. The minimum atomic E-state index is -4.23. The van der Waals surface area contributed by atoms with Gasteiger partial charge in [-0.2, -0.15) is 13.2 Å². The lowest BCUT2D eigenvalue weighted by atomic mass is 9.51. The van der Waals surface area contributed by atoms with Crippen LogP contribution in [0, 0.1) is 5.41 Å². The Bertz CT molecular complexity index is 292. The molecule has 0 amide bonds. The lowest BCUT2D eigenvalue weighted by Crippen LogP contribution is -2.67. The summed E-state index contributed by atoms with van der Waals surface area (Å²) in [5, 5.41) is 3.31. The summed E-state index contributed by atoms with van der Waals surface area (Å²) in [6.07, 6.45) is 0.627. The molecule has 0 heterocycles. The van der Waals surface area contributed by atoms with Crippen molar-refractivity contribution in [3.8, 4) is 0 Å². The van der Waals surface area contributed by atoms with Crippen molar-refractivity contribution in [1.29, 1.82) is 0 Å². The molecule has 1 spiro atoms. The highest BCUT2D eigenvalue weighted by atomic mass is 19.4. The highest BCUT2D eigenvalue weighted by molar-refractivity contribution is 5.12. The summed E-state index contributed by atoms with van der Waals surface area (Å²) in [4.78, 5) is 0. The molecule has 0 bridgehead atoms. The number of hydrogen-bond donors (Lipinski definition) is 1. The zero-order valence-electron chi connectivity index (χ0n) is 11.3. The molecule has 2 aliphatic carbocycles. The Balaban J connectivity index is 1.62. The first-order valence-corrected chi connectivity index (χ1v) is 6.97. The number of alkyl halides is 3. The molecule has 19 heavy (non-hydrogen) atoms. The van der Waals surface area contributed by atoms with Gasteiger partial charge in [-0.15, -0.1) is 0 Å². The van der Waals surface area contributed by atoms with Crippen LogP contribution in [0.4, 0.5) is 13.2 Å². The molecule has 3 nitrogen and oxygen atoms in total. The van der Waals surface area contributed by atoms with Crippen LogP contribution in [0.1, 0.15) is 32.6 Å². The van der Waals surface area contributed by atoms with Crippen molar-refractivity contribution in [3.05, 3.63) is 0 Å². The molecule has 2 fully saturated rings. The fraction of sp³-hybridized carbons (Fsp3) is 1.00. The lowest BCUT2D eigenvalue weighted by molar-refractivity contribution is -0.179. The first-order chi connectivity index (χ1) is 8.98. The van der Waals surface area contributed by atoms with E-state index in [-0.39, 0.29) is 12.0 Å². The molecule has 0 aromatic heterocycles. The minimum Gasteiger partial charge on any atom is -0.378 e. The summed E-state index contributed by atoms with van der Waals surface area (Å²) in [7, 11) is 0. The molecule has 1 N–H and O–H groups in total. The molecule has 2 atom stereocenters. The normalized spacial score (nSPS) is 29.1. The summed E-state index contributed by atoms with van der Waals surface area (Å²) in [5.41, 5.74) is 0.250. The third kappa shape index (κ3) is 3.41. The number of hydrogen-bond acceptors (Lipinski definition) is 3. The molecule has 0 aromatic carbocycles. The van der Waals surface area contributed by atoms with Crippen molar-refractivity contribution in [3.63, 3.8) is 0 Å². The van der Waals surface area contributed by atoms with Gasteiger partial charge in [0.1, 0.15) is 6.61 Å². The lowest BCUT2D eigenvalue weighted by Gasteiger charge is -2.61. The van der Waals surface area contributed by atoms with E-state index < -0.39 is 12.8 Å². The van der Waals surface area contributed by atoms with E-state index in [2.05, 4.69) is 10.1 Å². The topological polar surface area (TPSA) is 30.5 Å². The van der Waals surface area contributed by atoms with Gasteiger partial charge < -0.3 is 14.8 Å². The van der Waals surface area contributed by atoms with Crippen LogP contribution in [0.3, 0.4) is 0 Å². The molecule has 0 aliphatic heterocycles. The van der Waals surface area contributed by atoms with Gasteiger partial charge in [0.2, 0.25) is 0 Å². The first kappa shape index (κ1) is 15.1. The Labute approximate surface area is 111 Å². The zero-order chi connectivity index (χ0) is 13.9. The van der Waals surface area contributed by atoms with E-state index in [0.717, 1.165) is 13.0 Å². The van der Waals surface area contributed by atoms with Gasteiger partial charge in [-0.05, 0) is 26.2 Å². The molecular formula is C13H22F3NO2. The van der Waals surface area contributed by atoms with Crippen molar-refractivity contribution < 1.29 is 22.6 Å². The highest BCUT2D eigenvalue weighted by Crippen LogP contribution is 2.57. The maximum atomic E-state index is 11.9. The van der Waals surface area contributed by atoms with Crippen LogP contribution in [-0.2, 0) is 9.47 Å². The van der Waals surface area contributed by atoms with Gasteiger partial charge >= 0.3 is 6.18 Å². The summed E-state index contributed by atoms with van der Waals surface area (Å²) < 4.78 is 45.9. The maximum absolute atomic E-state index is 11.9. The fourth-order valence-electron chi connectivity index (χ4n) is 3.22. The van der Waals surface area contributed by atoms with E-state index in [9.17, 15) is 13.2 Å². The third-order valence-electron chi connectivity index (χ3n) is 4.34. The van der Waals surface area contributed by atoms with Crippen LogP contribution < -0.4 is 5.32 Å². The van der Waals surface area contributed by atoms with Gasteiger partial charge in [-0.25, -0.2) is 0 Å². The van der Waals surface area contributed by atoms with Gasteiger partial charge in [0.15, 0.2) is 0 Å². The van der Waals surface area contributed by atoms with Crippen molar-refractivity contribution >= 4 is 0 Å². The zero-order valence-corrected chi connectivity index (χ0v) is 11.3. The van der Waals surface area contributed by atoms with E-state index in [1.807, 2.05) is 6.92 Å². The van der Waals surface area contributed by atoms with Crippen LogP contribution in [-0.4, -0.2) is 44.7 Å². The predicted molar refractivity (Wildman–Crippen MR) is 65.0 cm³/mol. The van der Waals surface area contributed by atoms with Crippen LogP contribution in [0.5, 0.6) is 0 Å². The van der Waals surface area contributed by atoms with Gasteiger partial charge in [0.05, 0.1) is 12.7 Å². The highest BCUT2D eigenvalue weighted by Gasteiger charge is 2.58. The fourth-order valence-corrected chi connectivity index (χ4v) is 3.22. The Morgan fingerprint density at radius 1 is 1.32 bits per heavy atom. The summed E-state index contributed by atoms with van der Waals surface area (Å²) in [5.74, 6) is 0. The summed E-state index contributed by atoms with van der Waals surface area (Å²) in [6, 6.07) is 0.382. The SMILES string of the molecule is CCOC1CC(NCCOCC(F)(F)F)C12CCC2. The molecule has 0 aromatic rings. The van der Waals surface area contributed by atoms with Gasteiger partial charge in [-0.1, -0.05) is 6.42 Å². The van der Waals surface area contributed by atoms with Crippen LogP contribution in [0.2, 0.25) is 0 Å². The van der Waals surface area contributed by atoms with Gasteiger partial charge in [-0.3, -0.25) is 0 Å². The van der Waals surface area contributed by atoms with Crippen molar-refractivity contribution in [1.82, 2.24) is 5.32 Å². The van der Waals surface area contributed by atoms with E-state index in [1.54, 1.807) is 0 Å². The predicted octanol–water partition coefficient (Wildman–Crippen LogP) is 2.50. The molecule has 2 rings (SSSR count). The van der Waals surface area contributed by atoms with E-state index in [0.29, 0.717) is 18.7 Å².